The molecule has 0 aromatic carbocycles. The molecule has 12 heavy (non-hydrogen) atoms. The molecule has 0 rings (SSSR count). The van der Waals surface area contributed by atoms with Crippen molar-refractivity contribution in [3.63, 3.8) is 0 Å². The minimum Gasteiger partial charge on any atom is -0.763 e. The normalized spacial score (nSPS) is 6.42. The summed E-state index contributed by atoms with van der Waals surface area (Å²) in [5.41, 5.74) is -0.285. The van der Waals surface area contributed by atoms with Gasteiger partial charge in [0.2, 0.25) is 0 Å². The molecule has 0 aromatic heterocycles. The molecular weight excluding hydrogens is 216 g/mol. The van der Waals surface area contributed by atoms with Crippen LogP contribution in [0, 0.1) is 0 Å². The third-order valence-corrected chi connectivity index (χ3v) is 1.11. The molecular formula is C5H3NNa2O2S2. The van der Waals surface area contributed by atoms with Gasteiger partial charge in [0.05, 0.1) is 12.7 Å². The van der Waals surface area contributed by atoms with E-state index in [0.29, 0.717) is 0 Å². The third kappa shape index (κ3) is 6.71. The minimum absolute atomic E-state index is 0. The maximum atomic E-state index is 10.5. The molecule has 0 saturated heterocycles. The summed E-state index contributed by atoms with van der Waals surface area (Å²) in [5, 5.41) is 8.26. The number of hydrogen-bond donors (Lipinski definition) is 0. The van der Waals surface area contributed by atoms with Crippen LogP contribution >= 0.6 is 12.2 Å². The second-order valence-corrected chi connectivity index (χ2v) is 2.34. The van der Waals surface area contributed by atoms with E-state index in [1.165, 1.54) is 0 Å². The molecule has 7 heteroatoms. The number of ether oxygens (including phenoxy) is 1. The average Bonchev–Trinajstić information content (AvgIpc) is 1.88. The van der Waals surface area contributed by atoms with Crippen molar-refractivity contribution in [1.82, 2.24) is 0 Å². The van der Waals surface area contributed by atoms with E-state index in [1.54, 1.807) is 5.87 Å². The fourth-order valence-corrected chi connectivity index (χ4v) is 0.535. The molecule has 0 fully saturated rings. The number of nitrogens with zero attached hydrogens (tertiary/aromatic N) is 1. The number of hydrogen-bond acceptors (Lipinski definition) is 4. The molecule has 0 unspecified atom stereocenters. The van der Waals surface area contributed by atoms with Crippen molar-refractivity contribution in [1.29, 1.82) is 0 Å². The predicted molar refractivity (Wildman–Crippen MR) is 43.9 cm³/mol. The first kappa shape index (κ1) is 18.9. The maximum Gasteiger partial charge on any atom is 1.00 e. The molecule has 0 radical (unpaired) electrons. The number of methoxy groups -OCH3 is 1. The molecule has 0 saturated carbocycles. The van der Waals surface area contributed by atoms with Gasteiger partial charge in [-0.3, -0.25) is 5.87 Å². The van der Waals surface area contributed by atoms with Crippen LogP contribution in [0.5, 0.6) is 0 Å². The van der Waals surface area contributed by atoms with Crippen LogP contribution in [0.4, 0.5) is 0 Å². The zero-order chi connectivity index (χ0) is 8.15. The maximum absolute atomic E-state index is 10.5. The summed E-state index contributed by atoms with van der Waals surface area (Å²) in [6.45, 7) is 0. The molecule has 0 aliphatic heterocycles. The second kappa shape index (κ2) is 10.3. The van der Waals surface area contributed by atoms with Crippen molar-refractivity contribution < 1.29 is 68.6 Å². The Morgan fingerprint density at radius 3 is 2.08 bits per heavy atom. The van der Waals surface area contributed by atoms with Crippen LogP contribution in [0.15, 0.2) is 5.57 Å². The predicted octanol–water partition coefficient (Wildman–Crippen LogP) is -5.79. The van der Waals surface area contributed by atoms with Crippen molar-refractivity contribution in [3.8, 4) is 0 Å². The van der Waals surface area contributed by atoms with Crippen LogP contribution < -0.4 is 59.1 Å². The van der Waals surface area contributed by atoms with Crippen LogP contribution in [-0.4, -0.2) is 23.1 Å². The number of thiocarbonyl (C=S) groups is 1. The van der Waals surface area contributed by atoms with Gasteiger partial charge < -0.3 is 35.0 Å². The van der Waals surface area contributed by atoms with Crippen molar-refractivity contribution in [3.05, 3.63) is 11.0 Å². The molecule has 0 N–H and O–H groups in total. The van der Waals surface area contributed by atoms with Crippen LogP contribution in [-0.2, 0) is 22.2 Å². The van der Waals surface area contributed by atoms with Gasteiger partial charge in [-0.05, 0) is 0 Å². The molecule has 0 aliphatic rings. The fourth-order valence-electron chi connectivity index (χ4n) is 0.277. The summed E-state index contributed by atoms with van der Waals surface area (Å²) in [4.78, 5) is 10.5. The van der Waals surface area contributed by atoms with Crippen molar-refractivity contribution >= 4 is 40.9 Å². The molecule has 0 aromatic rings. The Balaban J connectivity index is -0.000000405. The molecule has 3 nitrogen and oxygen atoms in total. The molecule has 0 heterocycles. The summed E-state index contributed by atoms with van der Waals surface area (Å²) in [7, 11) is 1.16. The van der Waals surface area contributed by atoms with Gasteiger partial charge in [-0.15, -0.1) is 4.20 Å². The zero-order valence-corrected chi connectivity index (χ0v) is 12.7. The third-order valence-electron chi connectivity index (χ3n) is 0.705. The Labute approximate surface area is 126 Å². The topological polar surface area (TPSA) is 48.6 Å². The number of carbonyl (C=O) groups is 1. The van der Waals surface area contributed by atoms with E-state index in [-0.39, 0.29) is 68.9 Å². The van der Waals surface area contributed by atoms with Gasteiger partial charge in [0.1, 0.15) is 0 Å². The van der Waals surface area contributed by atoms with E-state index in [2.05, 4.69) is 29.6 Å². The van der Waals surface area contributed by atoms with E-state index < -0.39 is 5.97 Å². The summed E-state index contributed by atoms with van der Waals surface area (Å²) in [5.74, 6) is 0.773. The second-order valence-electron chi connectivity index (χ2n) is 1.27. The summed E-state index contributed by atoms with van der Waals surface area (Å²) >= 11 is 8.83. The Morgan fingerprint density at radius 1 is 1.58 bits per heavy atom. The Kier molecular flexibility index (Phi) is 16.2. The fraction of sp³-hybridized carbons (Fsp3) is 0.200. The quantitative estimate of drug-likeness (QED) is 0.116. The Bertz CT molecular complexity index is 225. The molecule has 0 aliphatic carbocycles. The first-order valence-corrected chi connectivity index (χ1v) is 3.01. The minimum atomic E-state index is -0.775. The van der Waals surface area contributed by atoms with Crippen molar-refractivity contribution in [2.24, 2.45) is 0 Å². The van der Waals surface area contributed by atoms with Gasteiger partial charge in [-0.25, -0.2) is 4.79 Å². The van der Waals surface area contributed by atoms with Gasteiger partial charge in [-0.2, -0.15) is 0 Å². The summed E-state index contributed by atoms with van der Waals surface area (Å²) in [6, 6.07) is 0. The van der Waals surface area contributed by atoms with Crippen LogP contribution in [0.3, 0.4) is 0 Å². The zero-order valence-electron chi connectivity index (χ0n) is 7.08. The molecule has 54 valence electrons. The molecule has 0 amide bonds. The molecule has 0 atom stereocenters. The van der Waals surface area contributed by atoms with Gasteiger partial charge in [0.15, 0.2) is 0 Å². The average molecular weight is 219 g/mol. The largest absolute Gasteiger partial charge is 1.00 e. The van der Waals surface area contributed by atoms with Crippen LogP contribution in [0.25, 0.3) is 5.41 Å². The van der Waals surface area contributed by atoms with Crippen LogP contribution in [0.2, 0.25) is 0 Å². The smallest absolute Gasteiger partial charge is 0.763 e. The van der Waals surface area contributed by atoms with Gasteiger partial charge in [0, 0.05) is 0 Å². The molecule has 0 bridgehead atoms. The molecule has 0 spiro atoms. The van der Waals surface area contributed by atoms with E-state index in [4.69, 9.17) is 5.41 Å². The SMILES string of the molecule is COC(=O)C(=C=[N-])C(=S)[S-].[Na+].[Na+]. The van der Waals surface area contributed by atoms with E-state index >= 15 is 0 Å². The summed E-state index contributed by atoms with van der Waals surface area (Å²) < 4.78 is 4.05. The van der Waals surface area contributed by atoms with E-state index in [0.717, 1.165) is 7.11 Å². The van der Waals surface area contributed by atoms with Crippen molar-refractivity contribution in [2.45, 2.75) is 0 Å². The summed E-state index contributed by atoms with van der Waals surface area (Å²) in [6.07, 6.45) is 0. The van der Waals surface area contributed by atoms with E-state index in [1.807, 2.05) is 0 Å². The Hall–Kier alpha value is 1.23. The van der Waals surface area contributed by atoms with Gasteiger partial charge in [0.25, 0.3) is 0 Å². The monoisotopic (exact) mass is 219 g/mol. The van der Waals surface area contributed by atoms with Crippen LogP contribution in [0.1, 0.15) is 0 Å². The van der Waals surface area contributed by atoms with E-state index in [9.17, 15) is 4.79 Å². The number of esters is 1. The standard InChI is InChI=1S/C5H4NO2S2.2Na/c1-8-4(7)3(2-6)5(9)10;;/h1H3,(H,9,10);;/q-1;2*+1/p-1. The van der Waals surface area contributed by atoms with Gasteiger partial charge in [-0.1, -0.05) is 0 Å². The Morgan fingerprint density at radius 2 is 2.00 bits per heavy atom. The first-order valence-electron chi connectivity index (χ1n) is 2.20. The first-order chi connectivity index (χ1) is 4.63. The number of rotatable bonds is 2. The van der Waals surface area contributed by atoms with Crippen molar-refractivity contribution in [2.75, 3.05) is 7.11 Å². The van der Waals surface area contributed by atoms with Gasteiger partial charge >= 0.3 is 65.1 Å². The number of carbonyl (C=O) groups excluding carboxylic acids is 1.